The second kappa shape index (κ2) is 6.60. The fourth-order valence-corrected chi connectivity index (χ4v) is 3.06. The molecule has 1 N–H and O–H groups in total. The van der Waals surface area contributed by atoms with Gasteiger partial charge in [-0.3, -0.25) is 9.59 Å². The number of anilines is 1. The molecular weight excluding hydrogens is 344 g/mol. The number of benzene rings is 2. The van der Waals surface area contributed by atoms with Crippen LogP contribution in [0.4, 0.5) is 5.69 Å². The quantitative estimate of drug-likeness (QED) is 0.606. The van der Waals surface area contributed by atoms with E-state index in [-0.39, 0.29) is 11.5 Å². The average Bonchev–Trinajstić information content (AvgIpc) is 3.17. The zero-order valence-corrected chi connectivity index (χ0v) is 15.0. The molecule has 0 aliphatic heterocycles. The molecule has 4 rings (SSSR count). The molecule has 0 saturated carbocycles. The molecule has 0 radical (unpaired) electrons. The molecule has 0 bridgehead atoms. The van der Waals surface area contributed by atoms with Gasteiger partial charge < -0.3 is 14.6 Å². The summed E-state index contributed by atoms with van der Waals surface area (Å²) in [5.74, 6) is 0.494. The lowest BCUT2D eigenvalue weighted by Crippen LogP contribution is -2.20. The number of carbonyl (C=O) groups is 1. The minimum Gasteiger partial charge on any atom is -0.494 e. The number of amides is 1. The first-order valence-corrected chi connectivity index (χ1v) is 8.59. The number of fused-ring (bicyclic) bond motifs is 3. The van der Waals surface area contributed by atoms with Crippen LogP contribution in [0.1, 0.15) is 17.3 Å². The summed E-state index contributed by atoms with van der Waals surface area (Å²) in [6, 6.07) is 14.1. The second-order valence-electron chi connectivity index (χ2n) is 6.11. The maximum Gasteiger partial charge on any atom is 0.276 e. The lowest BCUT2D eigenvalue weighted by atomic mass is 10.1. The van der Waals surface area contributed by atoms with E-state index in [1.54, 1.807) is 66.3 Å². The van der Waals surface area contributed by atoms with Gasteiger partial charge in [-0.25, -0.2) is 4.52 Å². The average molecular weight is 362 g/mol. The summed E-state index contributed by atoms with van der Waals surface area (Å²) in [5, 5.41) is 7.06. The van der Waals surface area contributed by atoms with Gasteiger partial charge in [0.05, 0.1) is 23.8 Å². The van der Waals surface area contributed by atoms with Crippen LogP contribution in [0, 0.1) is 0 Å². The minimum atomic E-state index is -0.255. The lowest BCUT2D eigenvalue weighted by Gasteiger charge is -2.10. The third kappa shape index (κ3) is 2.93. The zero-order valence-electron chi connectivity index (χ0n) is 15.0. The molecule has 27 heavy (non-hydrogen) atoms. The molecule has 1 amide bonds. The van der Waals surface area contributed by atoms with E-state index in [4.69, 9.17) is 4.74 Å². The molecule has 0 fully saturated rings. The predicted molar refractivity (Wildman–Crippen MR) is 104 cm³/mol. The Bertz CT molecular complexity index is 1210. The van der Waals surface area contributed by atoms with Crippen LogP contribution in [0.3, 0.4) is 0 Å². The molecule has 136 valence electrons. The van der Waals surface area contributed by atoms with Gasteiger partial charge >= 0.3 is 0 Å². The van der Waals surface area contributed by atoms with E-state index in [0.717, 1.165) is 11.3 Å². The van der Waals surface area contributed by atoms with Gasteiger partial charge in [0, 0.05) is 18.3 Å². The molecular formula is C20H18N4O3. The summed E-state index contributed by atoms with van der Waals surface area (Å²) in [4.78, 5) is 25.1. The summed E-state index contributed by atoms with van der Waals surface area (Å²) >= 11 is 0. The summed E-state index contributed by atoms with van der Waals surface area (Å²) in [7, 11) is 1.69. The maximum absolute atomic E-state index is 12.6. The van der Waals surface area contributed by atoms with E-state index in [1.165, 1.54) is 4.57 Å². The number of aryl methyl sites for hydroxylation is 1. The number of ether oxygens (including phenoxy) is 1. The molecule has 2 aromatic carbocycles. The Morgan fingerprint density at radius 2 is 1.85 bits per heavy atom. The van der Waals surface area contributed by atoms with E-state index in [1.807, 2.05) is 6.92 Å². The highest BCUT2D eigenvalue weighted by molar-refractivity contribution is 6.06. The fourth-order valence-electron chi connectivity index (χ4n) is 3.06. The Morgan fingerprint density at radius 3 is 2.59 bits per heavy atom. The van der Waals surface area contributed by atoms with Gasteiger partial charge in [-0.2, -0.15) is 5.10 Å². The molecule has 0 spiro atoms. The monoisotopic (exact) mass is 362 g/mol. The topological polar surface area (TPSA) is 77.6 Å². The van der Waals surface area contributed by atoms with Gasteiger partial charge in [-0.05, 0) is 55.5 Å². The smallest absolute Gasteiger partial charge is 0.276 e. The third-order valence-corrected chi connectivity index (χ3v) is 4.42. The Kier molecular flexibility index (Phi) is 4.12. The largest absolute Gasteiger partial charge is 0.494 e. The lowest BCUT2D eigenvalue weighted by molar-refractivity contribution is 0.102. The van der Waals surface area contributed by atoms with E-state index < -0.39 is 0 Å². The van der Waals surface area contributed by atoms with Gasteiger partial charge in [0.1, 0.15) is 11.3 Å². The van der Waals surface area contributed by atoms with Gasteiger partial charge in [0.2, 0.25) is 0 Å². The number of aromatic nitrogens is 3. The van der Waals surface area contributed by atoms with Crippen molar-refractivity contribution in [1.82, 2.24) is 14.2 Å². The van der Waals surface area contributed by atoms with Crippen molar-refractivity contribution in [3.05, 3.63) is 70.6 Å². The normalized spacial score (nSPS) is 11.0. The van der Waals surface area contributed by atoms with Crippen LogP contribution in [0.25, 0.3) is 16.6 Å². The molecule has 0 unspecified atom stereocenters. The molecule has 7 heteroatoms. The standard InChI is InChI=1S/C20H18N4O3/c1-3-27-15-7-5-14(6-8-15)22-19(25)13-4-9-16-18(12-13)23(2)20(26)17-10-11-21-24(16)17/h4-12H,3H2,1-2H3,(H,22,25). The van der Waals surface area contributed by atoms with Gasteiger partial charge in [0.15, 0.2) is 0 Å². The number of nitrogens with one attached hydrogen (secondary N) is 1. The highest BCUT2D eigenvalue weighted by atomic mass is 16.5. The first kappa shape index (κ1) is 16.8. The minimum absolute atomic E-state index is 0.163. The molecule has 0 aliphatic rings. The van der Waals surface area contributed by atoms with Crippen molar-refractivity contribution in [2.45, 2.75) is 6.92 Å². The van der Waals surface area contributed by atoms with Crippen molar-refractivity contribution in [3.63, 3.8) is 0 Å². The van der Waals surface area contributed by atoms with Crippen LogP contribution in [0.15, 0.2) is 59.5 Å². The number of hydrogen-bond acceptors (Lipinski definition) is 4. The highest BCUT2D eigenvalue weighted by Crippen LogP contribution is 2.19. The van der Waals surface area contributed by atoms with Gasteiger partial charge in [-0.15, -0.1) is 0 Å². The predicted octanol–water partition coefficient (Wildman–Crippen LogP) is 2.84. The molecule has 0 saturated heterocycles. The van der Waals surface area contributed by atoms with Crippen molar-refractivity contribution in [1.29, 1.82) is 0 Å². The molecule has 2 heterocycles. The number of rotatable bonds is 4. The third-order valence-electron chi connectivity index (χ3n) is 4.42. The summed E-state index contributed by atoms with van der Waals surface area (Å²) in [6.45, 7) is 2.50. The molecule has 0 atom stereocenters. The maximum atomic E-state index is 12.6. The Labute approximate surface area is 154 Å². The van der Waals surface area contributed by atoms with E-state index >= 15 is 0 Å². The van der Waals surface area contributed by atoms with E-state index in [2.05, 4.69) is 10.4 Å². The first-order chi connectivity index (χ1) is 13.1. The molecule has 7 nitrogen and oxygen atoms in total. The Balaban J connectivity index is 1.69. The van der Waals surface area contributed by atoms with Crippen molar-refractivity contribution in [3.8, 4) is 5.75 Å². The van der Waals surface area contributed by atoms with Crippen molar-refractivity contribution >= 4 is 28.1 Å². The van der Waals surface area contributed by atoms with Crippen LogP contribution < -0.4 is 15.6 Å². The van der Waals surface area contributed by atoms with Gasteiger partial charge in [-0.1, -0.05) is 0 Å². The van der Waals surface area contributed by atoms with Crippen molar-refractivity contribution in [2.24, 2.45) is 7.05 Å². The molecule has 4 aromatic rings. The Morgan fingerprint density at radius 1 is 1.07 bits per heavy atom. The second-order valence-corrected chi connectivity index (χ2v) is 6.11. The van der Waals surface area contributed by atoms with Crippen molar-refractivity contribution in [2.75, 3.05) is 11.9 Å². The molecule has 0 aliphatic carbocycles. The Hall–Kier alpha value is -3.61. The summed E-state index contributed by atoms with van der Waals surface area (Å²) < 4.78 is 8.52. The van der Waals surface area contributed by atoms with Crippen LogP contribution in [-0.4, -0.2) is 26.7 Å². The fraction of sp³-hybridized carbons (Fsp3) is 0.150. The van der Waals surface area contributed by atoms with Crippen LogP contribution in [0.5, 0.6) is 5.75 Å². The number of nitrogens with zero attached hydrogens (tertiary/aromatic N) is 3. The summed E-state index contributed by atoms with van der Waals surface area (Å²) in [6.07, 6.45) is 1.59. The van der Waals surface area contributed by atoms with Crippen LogP contribution >= 0.6 is 0 Å². The van der Waals surface area contributed by atoms with Crippen LogP contribution in [-0.2, 0) is 7.05 Å². The summed E-state index contributed by atoms with van der Waals surface area (Å²) in [5.41, 5.74) is 2.85. The number of carbonyl (C=O) groups excluding carboxylic acids is 1. The number of hydrogen-bond donors (Lipinski definition) is 1. The zero-order chi connectivity index (χ0) is 19.0. The highest BCUT2D eigenvalue weighted by Gasteiger charge is 2.13. The van der Waals surface area contributed by atoms with E-state index in [0.29, 0.717) is 28.9 Å². The first-order valence-electron chi connectivity index (χ1n) is 8.59. The SMILES string of the molecule is CCOc1ccc(NC(=O)c2ccc3c(c2)n(C)c(=O)c2ccnn23)cc1. The van der Waals surface area contributed by atoms with Gasteiger partial charge in [0.25, 0.3) is 11.5 Å². The van der Waals surface area contributed by atoms with Crippen LogP contribution in [0.2, 0.25) is 0 Å². The van der Waals surface area contributed by atoms with Crippen molar-refractivity contribution < 1.29 is 9.53 Å². The van der Waals surface area contributed by atoms with E-state index in [9.17, 15) is 9.59 Å². The molecule has 2 aromatic heterocycles.